The van der Waals surface area contributed by atoms with E-state index in [0.717, 1.165) is 52.2 Å². The summed E-state index contributed by atoms with van der Waals surface area (Å²) in [4.78, 5) is 49.1. The van der Waals surface area contributed by atoms with Crippen LogP contribution < -0.4 is 10.6 Å². The standard InChI is InChI=1S/C42H56N4O5S/c1-6-7-27-8-12-29(13-9-27)30-16-18-31(19-17-30)34-24-43-38(44-25-34)32-14-10-28(11-15-32)22-33(39(48)46-37(26(2)47)41(50)51)23-45-40(49)35-20-21-36(52-35)42(3,4)5/h10-11,14-15,18,20-21,24-27,29-30,33,37,47H,6-9,12-13,16-17,19,22-23H2,1-5H3,(H,45,49)(H,46,48)(H,50,51)/t26-,27?,29?,30?,33-,37?/m1/s1. The number of nitrogens with zero attached hydrogens (tertiary/aromatic N) is 2. The van der Waals surface area contributed by atoms with Crippen molar-refractivity contribution < 1.29 is 24.6 Å². The molecule has 2 aliphatic carbocycles. The van der Waals surface area contributed by atoms with Gasteiger partial charge >= 0.3 is 5.97 Å². The Morgan fingerprint density at radius 1 is 0.942 bits per heavy atom. The molecule has 2 unspecified atom stereocenters. The van der Waals surface area contributed by atoms with E-state index in [1.165, 1.54) is 68.8 Å². The van der Waals surface area contributed by atoms with Gasteiger partial charge in [-0.1, -0.05) is 83.7 Å². The number of carbonyl (C=O) groups is 3. The molecular weight excluding hydrogens is 673 g/mol. The van der Waals surface area contributed by atoms with Crippen LogP contribution in [-0.4, -0.2) is 56.7 Å². The van der Waals surface area contributed by atoms with Gasteiger partial charge in [-0.3, -0.25) is 9.59 Å². The number of amides is 2. The number of benzene rings is 1. The Balaban J connectivity index is 1.21. The highest BCUT2D eigenvalue weighted by Crippen LogP contribution is 2.42. The average molecular weight is 729 g/mol. The van der Waals surface area contributed by atoms with E-state index in [0.29, 0.717) is 10.7 Å². The number of hydrogen-bond acceptors (Lipinski definition) is 7. The Labute approximate surface area is 312 Å². The van der Waals surface area contributed by atoms with Crippen LogP contribution in [0.4, 0.5) is 0 Å². The van der Waals surface area contributed by atoms with E-state index >= 15 is 0 Å². The molecule has 1 saturated carbocycles. The average Bonchev–Trinajstić information content (AvgIpc) is 3.65. The predicted octanol–water partition coefficient (Wildman–Crippen LogP) is 7.83. The van der Waals surface area contributed by atoms with Crippen molar-refractivity contribution in [1.29, 1.82) is 0 Å². The van der Waals surface area contributed by atoms with Crippen molar-refractivity contribution in [3.8, 4) is 11.4 Å². The fourth-order valence-corrected chi connectivity index (χ4v) is 8.68. The smallest absolute Gasteiger partial charge is 0.328 e. The quantitative estimate of drug-likeness (QED) is 0.133. The number of aromatic nitrogens is 2. The first kappa shape index (κ1) is 39.3. The molecule has 4 N–H and O–H groups in total. The van der Waals surface area contributed by atoms with Crippen molar-refractivity contribution in [3.63, 3.8) is 0 Å². The number of hydrogen-bond donors (Lipinski definition) is 4. The van der Waals surface area contributed by atoms with Gasteiger partial charge in [0, 0.05) is 34.9 Å². The maximum Gasteiger partial charge on any atom is 0.328 e. The summed E-state index contributed by atoms with van der Waals surface area (Å²) in [5.74, 6) is 0.239. The van der Waals surface area contributed by atoms with E-state index in [9.17, 15) is 24.6 Å². The fraction of sp³-hybridized carbons (Fsp3) is 0.548. The van der Waals surface area contributed by atoms with Gasteiger partial charge in [-0.2, -0.15) is 0 Å². The molecule has 280 valence electrons. The maximum atomic E-state index is 13.4. The lowest BCUT2D eigenvalue weighted by Crippen LogP contribution is -2.51. The van der Waals surface area contributed by atoms with E-state index in [1.54, 1.807) is 6.07 Å². The van der Waals surface area contributed by atoms with Gasteiger partial charge in [0.2, 0.25) is 5.91 Å². The van der Waals surface area contributed by atoms with Crippen LogP contribution in [0.2, 0.25) is 0 Å². The molecule has 0 spiro atoms. The number of rotatable bonds is 14. The number of aliphatic hydroxyl groups is 1. The van der Waals surface area contributed by atoms with Gasteiger partial charge in [-0.05, 0) is 91.9 Å². The first-order valence-electron chi connectivity index (χ1n) is 19.0. The molecule has 9 nitrogen and oxygen atoms in total. The van der Waals surface area contributed by atoms with Crippen LogP contribution in [0.3, 0.4) is 0 Å². The Morgan fingerprint density at radius 3 is 2.19 bits per heavy atom. The zero-order valence-electron chi connectivity index (χ0n) is 31.4. The summed E-state index contributed by atoms with van der Waals surface area (Å²) in [7, 11) is 0. The van der Waals surface area contributed by atoms with E-state index in [2.05, 4.69) is 44.4 Å². The lowest BCUT2D eigenvalue weighted by molar-refractivity contribution is -0.145. The van der Waals surface area contributed by atoms with Gasteiger partial charge in [-0.15, -0.1) is 11.3 Å². The Morgan fingerprint density at radius 2 is 1.63 bits per heavy atom. The zero-order valence-corrected chi connectivity index (χ0v) is 32.2. The minimum Gasteiger partial charge on any atom is -0.480 e. The van der Waals surface area contributed by atoms with E-state index in [4.69, 9.17) is 9.97 Å². The van der Waals surface area contributed by atoms with E-state index < -0.39 is 29.9 Å². The van der Waals surface area contributed by atoms with E-state index in [1.807, 2.05) is 42.7 Å². The van der Waals surface area contributed by atoms with Crippen molar-refractivity contribution in [2.75, 3.05) is 6.54 Å². The first-order chi connectivity index (χ1) is 24.8. The lowest BCUT2D eigenvalue weighted by atomic mass is 9.70. The van der Waals surface area contributed by atoms with Crippen LogP contribution in [0.15, 0.2) is 54.9 Å². The maximum absolute atomic E-state index is 13.4. The third-order valence-electron chi connectivity index (χ3n) is 10.9. The van der Waals surface area contributed by atoms with Gasteiger partial charge < -0.3 is 20.8 Å². The third kappa shape index (κ3) is 10.4. The van der Waals surface area contributed by atoms with Crippen molar-refractivity contribution >= 4 is 34.7 Å². The monoisotopic (exact) mass is 728 g/mol. The highest BCUT2D eigenvalue weighted by Gasteiger charge is 2.31. The summed E-state index contributed by atoms with van der Waals surface area (Å²) < 4.78 is 0. The van der Waals surface area contributed by atoms with Crippen LogP contribution in [0, 0.1) is 23.7 Å². The van der Waals surface area contributed by atoms with Gasteiger partial charge in [0.25, 0.3) is 5.91 Å². The zero-order chi connectivity index (χ0) is 37.4. The number of aliphatic hydroxyl groups excluding tert-OH is 1. The molecule has 2 amide bonds. The van der Waals surface area contributed by atoms with Gasteiger partial charge in [0.1, 0.15) is 0 Å². The van der Waals surface area contributed by atoms with Crippen molar-refractivity contribution in [1.82, 2.24) is 20.6 Å². The molecule has 0 aliphatic heterocycles. The molecule has 52 heavy (non-hydrogen) atoms. The molecule has 1 fully saturated rings. The van der Waals surface area contributed by atoms with Crippen LogP contribution in [0.25, 0.3) is 17.0 Å². The Kier molecular flexibility index (Phi) is 13.4. The fourth-order valence-electron chi connectivity index (χ4n) is 7.70. The van der Waals surface area contributed by atoms with Gasteiger partial charge in [0.15, 0.2) is 11.9 Å². The molecular formula is C42H56N4O5S. The van der Waals surface area contributed by atoms with Gasteiger partial charge in [-0.25, -0.2) is 14.8 Å². The second-order valence-corrected chi connectivity index (χ2v) is 17.0. The number of carbonyl (C=O) groups excluding carboxylic acids is 2. The Bertz CT molecular complexity index is 1680. The minimum absolute atomic E-state index is 0.0113. The predicted molar refractivity (Wildman–Crippen MR) is 207 cm³/mol. The van der Waals surface area contributed by atoms with E-state index in [-0.39, 0.29) is 24.3 Å². The first-order valence-corrected chi connectivity index (χ1v) is 19.8. The number of nitrogens with one attached hydrogen (secondary N) is 2. The highest BCUT2D eigenvalue weighted by atomic mass is 32.1. The van der Waals surface area contributed by atoms with Crippen LogP contribution in [0.1, 0.15) is 118 Å². The van der Waals surface area contributed by atoms with Crippen LogP contribution in [0.5, 0.6) is 0 Å². The molecule has 0 radical (unpaired) electrons. The van der Waals surface area contributed by atoms with Crippen LogP contribution >= 0.6 is 11.3 Å². The Hall–Kier alpha value is -3.89. The summed E-state index contributed by atoms with van der Waals surface area (Å²) in [6.07, 6.45) is 16.9. The topological polar surface area (TPSA) is 142 Å². The van der Waals surface area contributed by atoms with Crippen molar-refractivity contribution in [2.24, 2.45) is 23.7 Å². The second-order valence-electron chi connectivity index (χ2n) is 15.9. The molecule has 0 saturated heterocycles. The molecule has 0 bridgehead atoms. The number of carboxylic acid groups (broad SMARTS) is 1. The van der Waals surface area contributed by atoms with Gasteiger partial charge in [0.05, 0.1) is 16.9 Å². The molecule has 3 aromatic rings. The normalized spacial score (nSPS) is 21.0. The summed E-state index contributed by atoms with van der Waals surface area (Å²) >= 11 is 1.41. The number of allylic oxidation sites excluding steroid dienone is 2. The van der Waals surface area contributed by atoms with Crippen molar-refractivity contribution in [2.45, 2.75) is 116 Å². The number of thiophene rings is 1. The molecule has 2 aromatic heterocycles. The minimum atomic E-state index is -1.47. The number of aliphatic carboxylic acids is 1. The molecule has 4 atom stereocenters. The lowest BCUT2D eigenvalue weighted by Gasteiger charge is -2.35. The molecule has 2 aliphatic rings. The third-order valence-corrected chi connectivity index (χ3v) is 12.4. The largest absolute Gasteiger partial charge is 0.480 e. The molecule has 2 heterocycles. The molecule has 10 heteroatoms. The summed E-state index contributed by atoms with van der Waals surface area (Å²) in [6, 6.07) is 9.85. The summed E-state index contributed by atoms with van der Waals surface area (Å²) in [5.41, 5.74) is 3.99. The summed E-state index contributed by atoms with van der Waals surface area (Å²) in [5, 5.41) is 24.8. The number of carboxylic acids is 1. The summed E-state index contributed by atoms with van der Waals surface area (Å²) in [6.45, 7) is 9.84. The molecule has 5 rings (SSSR count). The van der Waals surface area contributed by atoms with Crippen molar-refractivity contribution in [3.05, 3.63) is 75.7 Å². The SMILES string of the molecule is CCCC1CCC(C2CC=C(c3cnc(-c4ccc(C[C@H](CNC(=O)c5ccc(C(C)(C)C)s5)C(=O)NC(C(=O)O)[C@@H](C)O)cc4)nc3)CC2)CC1. The highest BCUT2D eigenvalue weighted by molar-refractivity contribution is 7.14. The molecule has 1 aromatic carbocycles. The second kappa shape index (κ2) is 17.8. The van der Waals surface area contributed by atoms with Crippen LogP contribution in [-0.2, 0) is 21.4 Å².